The van der Waals surface area contributed by atoms with Gasteiger partial charge in [0.25, 0.3) is 5.91 Å². The van der Waals surface area contributed by atoms with Crippen LogP contribution in [0.3, 0.4) is 0 Å². The van der Waals surface area contributed by atoms with Crippen molar-refractivity contribution in [1.29, 1.82) is 0 Å². The smallest absolute Gasteiger partial charge is 0.263 e. The molecule has 0 bridgehead atoms. The first-order valence-electron chi connectivity index (χ1n) is 9.72. The number of nitrogens with zero attached hydrogens (tertiary/aromatic N) is 2. The van der Waals surface area contributed by atoms with Gasteiger partial charge in [-0.15, -0.1) is 0 Å². The Morgan fingerprint density at radius 2 is 1.81 bits per heavy atom. The van der Waals surface area contributed by atoms with E-state index < -0.39 is 22.0 Å². The monoisotopic (exact) mass is 447 g/mol. The van der Waals surface area contributed by atoms with Gasteiger partial charge in [0.1, 0.15) is 18.4 Å². The zero-order valence-corrected chi connectivity index (χ0v) is 18.1. The highest BCUT2D eigenvalue weighted by Crippen LogP contribution is 2.24. The molecule has 1 saturated heterocycles. The summed E-state index contributed by atoms with van der Waals surface area (Å²) in [7, 11) is -4.04. The standard InChI is InChI=1S/C21H25N3O6S/c1-15-5-3-4-6-17(15)14-30-18-7-9-19(10-8-18)31(28,29)24-12-11-23(16(2)25)13-20(24)21(26)22-27/h3-10,20,27H,11-14H2,1-2H3,(H,22,26). The van der Waals surface area contributed by atoms with Crippen LogP contribution in [-0.2, 0) is 26.2 Å². The summed E-state index contributed by atoms with van der Waals surface area (Å²) >= 11 is 0. The number of carbonyl (C=O) groups excluding carboxylic acids is 2. The first-order valence-corrected chi connectivity index (χ1v) is 11.2. The number of hydrogen-bond donors (Lipinski definition) is 2. The molecule has 1 unspecified atom stereocenters. The van der Waals surface area contributed by atoms with Crippen molar-refractivity contribution in [2.75, 3.05) is 19.6 Å². The molecule has 0 radical (unpaired) electrons. The van der Waals surface area contributed by atoms with Crippen molar-refractivity contribution in [2.24, 2.45) is 0 Å². The van der Waals surface area contributed by atoms with Crippen LogP contribution in [0.2, 0.25) is 0 Å². The Bertz CT molecular complexity index is 1060. The lowest BCUT2D eigenvalue weighted by Crippen LogP contribution is -2.60. The average Bonchev–Trinajstić information content (AvgIpc) is 2.77. The average molecular weight is 448 g/mol. The number of hydroxylamine groups is 1. The zero-order valence-electron chi connectivity index (χ0n) is 17.3. The van der Waals surface area contributed by atoms with Crippen molar-refractivity contribution in [2.45, 2.75) is 31.4 Å². The molecule has 2 N–H and O–H groups in total. The maximum atomic E-state index is 13.1. The number of aryl methyl sites for hydroxylation is 1. The molecule has 166 valence electrons. The number of rotatable bonds is 6. The van der Waals surface area contributed by atoms with E-state index >= 15 is 0 Å². The van der Waals surface area contributed by atoms with Crippen LogP contribution in [0.5, 0.6) is 5.75 Å². The molecule has 2 aromatic rings. The Morgan fingerprint density at radius 3 is 2.42 bits per heavy atom. The normalized spacial score (nSPS) is 17.3. The third-order valence-electron chi connectivity index (χ3n) is 5.28. The van der Waals surface area contributed by atoms with Crippen LogP contribution < -0.4 is 10.2 Å². The minimum Gasteiger partial charge on any atom is -0.489 e. The van der Waals surface area contributed by atoms with Crippen LogP contribution in [0.25, 0.3) is 0 Å². The molecule has 9 nitrogen and oxygen atoms in total. The van der Waals surface area contributed by atoms with Crippen molar-refractivity contribution in [1.82, 2.24) is 14.7 Å². The van der Waals surface area contributed by atoms with Crippen LogP contribution in [0.1, 0.15) is 18.1 Å². The summed E-state index contributed by atoms with van der Waals surface area (Å²) in [4.78, 5) is 25.1. The van der Waals surface area contributed by atoms with Gasteiger partial charge in [-0.1, -0.05) is 24.3 Å². The molecule has 10 heteroatoms. The number of nitrogens with one attached hydrogen (secondary N) is 1. The predicted molar refractivity (Wildman–Crippen MR) is 112 cm³/mol. The molecule has 1 heterocycles. The number of sulfonamides is 1. The Kier molecular flexibility index (Phi) is 6.94. The molecule has 1 aliphatic heterocycles. The van der Waals surface area contributed by atoms with Crippen LogP contribution in [0.15, 0.2) is 53.4 Å². The van der Waals surface area contributed by atoms with Crippen LogP contribution in [-0.4, -0.2) is 60.3 Å². The van der Waals surface area contributed by atoms with E-state index in [4.69, 9.17) is 9.94 Å². The minimum atomic E-state index is -4.04. The minimum absolute atomic E-state index is 0.0113. The lowest BCUT2D eigenvalue weighted by Gasteiger charge is -2.38. The van der Waals surface area contributed by atoms with Gasteiger partial charge in [0.05, 0.1) is 4.90 Å². The van der Waals surface area contributed by atoms with Crippen molar-refractivity contribution < 1.29 is 28.0 Å². The fourth-order valence-electron chi connectivity index (χ4n) is 3.40. The largest absolute Gasteiger partial charge is 0.489 e. The van der Waals surface area contributed by atoms with Crippen LogP contribution in [0.4, 0.5) is 0 Å². The molecule has 1 fully saturated rings. The number of piperazine rings is 1. The van der Waals surface area contributed by atoms with E-state index in [1.807, 2.05) is 31.2 Å². The number of carbonyl (C=O) groups is 2. The SMILES string of the molecule is CC(=O)N1CCN(S(=O)(=O)c2ccc(OCc3ccccc3C)cc2)C(C(=O)NO)C1. The first-order chi connectivity index (χ1) is 14.7. The third kappa shape index (κ3) is 5.04. The molecule has 2 amide bonds. The number of ether oxygens (including phenoxy) is 1. The molecule has 0 aromatic heterocycles. The molecule has 0 aliphatic carbocycles. The number of benzene rings is 2. The summed E-state index contributed by atoms with van der Waals surface area (Å²) in [5.74, 6) is -0.663. The van der Waals surface area contributed by atoms with Gasteiger partial charge in [-0.3, -0.25) is 14.8 Å². The molecule has 1 atom stereocenters. The Hall–Kier alpha value is -2.95. The first kappa shape index (κ1) is 22.7. The molecule has 1 aliphatic rings. The van der Waals surface area contributed by atoms with Gasteiger partial charge >= 0.3 is 0 Å². The van der Waals surface area contributed by atoms with E-state index in [1.54, 1.807) is 12.1 Å². The summed E-state index contributed by atoms with van der Waals surface area (Å²) < 4.78 is 33.1. The Balaban J connectivity index is 1.76. The van der Waals surface area contributed by atoms with Gasteiger partial charge in [-0.2, -0.15) is 4.31 Å². The summed E-state index contributed by atoms with van der Waals surface area (Å²) in [5, 5.41) is 9.03. The van der Waals surface area contributed by atoms with Gasteiger partial charge in [0, 0.05) is 26.6 Å². The maximum Gasteiger partial charge on any atom is 0.263 e. The van der Waals surface area contributed by atoms with E-state index in [-0.39, 0.29) is 30.4 Å². The van der Waals surface area contributed by atoms with Crippen molar-refractivity contribution >= 4 is 21.8 Å². The maximum absolute atomic E-state index is 13.1. The molecule has 0 saturated carbocycles. The van der Waals surface area contributed by atoms with Gasteiger partial charge in [0.15, 0.2) is 0 Å². The number of hydrogen-bond acceptors (Lipinski definition) is 6. The fraction of sp³-hybridized carbons (Fsp3) is 0.333. The highest BCUT2D eigenvalue weighted by Gasteiger charge is 2.40. The van der Waals surface area contributed by atoms with Gasteiger partial charge < -0.3 is 9.64 Å². The molecule has 2 aromatic carbocycles. The molecule has 3 rings (SSSR count). The highest BCUT2D eigenvalue weighted by atomic mass is 32.2. The predicted octanol–water partition coefficient (Wildman–Crippen LogP) is 1.30. The van der Waals surface area contributed by atoms with Gasteiger partial charge in [-0.05, 0) is 42.3 Å². The van der Waals surface area contributed by atoms with Gasteiger partial charge in [-0.25, -0.2) is 13.9 Å². The summed E-state index contributed by atoms with van der Waals surface area (Å²) in [6.07, 6.45) is 0. The topological polar surface area (TPSA) is 116 Å². The fourth-order valence-corrected chi connectivity index (χ4v) is 4.97. The van der Waals surface area contributed by atoms with Crippen molar-refractivity contribution in [3.05, 3.63) is 59.7 Å². The van der Waals surface area contributed by atoms with E-state index in [9.17, 15) is 18.0 Å². The lowest BCUT2D eigenvalue weighted by atomic mass is 10.1. The summed E-state index contributed by atoms with van der Waals surface area (Å²) in [6.45, 7) is 3.63. The third-order valence-corrected chi connectivity index (χ3v) is 7.20. The molecular weight excluding hydrogens is 422 g/mol. The second kappa shape index (κ2) is 9.46. The van der Waals surface area contributed by atoms with Crippen LogP contribution in [0, 0.1) is 6.92 Å². The van der Waals surface area contributed by atoms with Crippen molar-refractivity contribution in [3.8, 4) is 5.75 Å². The molecule has 31 heavy (non-hydrogen) atoms. The Labute approximate surface area is 181 Å². The van der Waals surface area contributed by atoms with E-state index in [0.29, 0.717) is 12.4 Å². The van der Waals surface area contributed by atoms with E-state index in [0.717, 1.165) is 15.4 Å². The second-order valence-corrected chi connectivity index (χ2v) is 9.15. The van der Waals surface area contributed by atoms with Crippen molar-refractivity contribution in [3.63, 3.8) is 0 Å². The summed E-state index contributed by atoms with van der Waals surface area (Å²) in [5.41, 5.74) is 3.62. The second-order valence-electron chi connectivity index (χ2n) is 7.26. The van der Waals surface area contributed by atoms with E-state index in [1.165, 1.54) is 29.4 Å². The van der Waals surface area contributed by atoms with Gasteiger partial charge in [0.2, 0.25) is 15.9 Å². The number of amides is 2. The van der Waals surface area contributed by atoms with E-state index in [2.05, 4.69) is 0 Å². The lowest BCUT2D eigenvalue weighted by molar-refractivity contribution is -0.138. The Morgan fingerprint density at radius 1 is 1.13 bits per heavy atom. The zero-order chi connectivity index (χ0) is 22.6. The summed E-state index contributed by atoms with van der Waals surface area (Å²) in [6, 6.07) is 12.5. The van der Waals surface area contributed by atoms with Crippen LogP contribution >= 0.6 is 0 Å². The highest BCUT2D eigenvalue weighted by molar-refractivity contribution is 7.89. The quantitative estimate of drug-likeness (QED) is 0.509. The molecular formula is C21H25N3O6S. The molecule has 0 spiro atoms.